The van der Waals surface area contributed by atoms with Crippen molar-refractivity contribution in [1.29, 1.82) is 0 Å². The number of carbonyl (C=O) groups is 1. The van der Waals surface area contributed by atoms with Gasteiger partial charge in [-0.05, 0) is 39.2 Å². The van der Waals surface area contributed by atoms with Crippen LogP contribution >= 0.6 is 23.4 Å². The van der Waals surface area contributed by atoms with Crippen LogP contribution in [0.4, 0.5) is 10.7 Å². The van der Waals surface area contributed by atoms with E-state index in [2.05, 4.69) is 20.4 Å². The number of ether oxygens (including phenoxy) is 1. The average molecular weight is 342 g/mol. The van der Waals surface area contributed by atoms with Crippen molar-refractivity contribution >= 4 is 35.4 Å². The van der Waals surface area contributed by atoms with Gasteiger partial charge in [-0.2, -0.15) is 9.67 Å². The lowest BCUT2D eigenvalue weighted by Crippen LogP contribution is -2.28. The number of anilines is 1. The number of aromatic nitrogens is 4. The van der Waals surface area contributed by atoms with E-state index in [1.165, 1.54) is 16.4 Å². The Hall–Kier alpha value is -1.80. The van der Waals surface area contributed by atoms with Gasteiger partial charge in [0, 0.05) is 0 Å². The Balaban J connectivity index is 2.31. The highest BCUT2D eigenvalue weighted by Crippen LogP contribution is 2.19. The van der Waals surface area contributed by atoms with Gasteiger partial charge in [0.2, 0.25) is 11.1 Å². The summed E-state index contributed by atoms with van der Waals surface area (Å²) in [5.41, 5.74) is -0.606. The second-order valence-electron chi connectivity index (χ2n) is 5.28. The third-order valence-corrected chi connectivity index (χ3v) is 3.05. The molecule has 0 aromatic carbocycles. The van der Waals surface area contributed by atoms with Gasteiger partial charge in [0.05, 0.1) is 0 Å². The number of nitrogens with one attached hydrogen (secondary N) is 1. The van der Waals surface area contributed by atoms with Gasteiger partial charge >= 0.3 is 6.09 Å². The van der Waals surface area contributed by atoms with Crippen LogP contribution in [-0.4, -0.2) is 37.7 Å². The summed E-state index contributed by atoms with van der Waals surface area (Å²) in [6, 6.07) is 5.10. The summed E-state index contributed by atoms with van der Waals surface area (Å²) in [4.78, 5) is 20.3. The number of pyridine rings is 1. The van der Waals surface area contributed by atoms with Gasteiger partial charge in [-0.3, -0.25) is 5.32 Å². The average Bonchev–Trinajstić information content (AvgIpc) is 2.79. The monoisotopic (exact) mass is 341 g/mol. The molecule has 7 nitrogen and oxygen atoms in total. The fraction of sp³-hybridized carbons (Fsp3) is 0.385. The minimum atomic E-state index is -0.615. The van der Waals surface area contributed by atoms with Gasteiger partial charge in [-0.25, -0.2) is 9.78 Å². The molecule has 0 aliphatic rings. The molecule has 1 amide bonds. The van der Waals surface area contributed by atoms with Gasteiger partial charge < -0.3 is 4.74 Å². The molecule has 1 N–H and O–H groups in total. The first kappa shape index (κ1) is 16.6. The summed E-state index contributed by atoms with van der Waals surface area (Å²) >= 11 is 7.24. The van der Waals surface area contributed by atoms with Crippen molar-refractivity contribution < 1.29 is 9.53 Å². The summed E-state index contributed by atoms with van der Waals surface area (Å²) < 4.78 is 6.62. The van der Waals surface area contributed by atoms with Gasteiger partial charge in [0.1, 0.15) is 10.8 Å². The second kappa shape index (κ2) is 6.53. The molecule has 0 aliphatic carbocycles. The van der Waals surface area contributed by atoms with E-state index in [1.807, 2.05) is 6.26 Å². The van der Waals surface area contributed by atoms with E-state index >= 15 is 0 Å². The number of rotatable bonds is 3. The number of thioether (sulfide) groups is 1. The molecule has 118 valence electrons. The van der Waals surface area contributed by atoms with Gasteiger partial charge in [-0.1, -0.05) is 29.4 Å². The normalized spacial score (nSPS) is 11.3. The van der Waals surface area contributed by atoms with Crippen LogP contribution in [0.15, 0.2) is 23.4 Å². The Morgan fingerprint density at radius 2 is 2.09 bits per heavy atom. The molecular weight excluding hydrogens is 326 g/mol. The predicted octanol–water partition coefficient (Wildman–Crippen LogP) is 3.38. The van der Waals surface area contributed by atoms with E-state index in [4.69, 9.17) is 16.3 Å². The number of amides is 1. The molecule has 0 saturated heterocycles. The van der Waals surface area contributed by atoms with Crippen LogP contribution in [-0.2, 0) is 4.74 Å². The second-order valence-corrected chi connectivity index (χ2v) is 6.44. The summed E-state index contributed by atoms with van der Waals surface area (Å²) in [6.07, 6.45) is 1.22. The fourth-order valence-electron chi connectivity index (χ4n) is 1.53. The molecule has 0 radical (unpaired) electrons. The highest BCUT2D eigenvalue weighted by atomic mass is 35.5. The van der Waals surface area contributed by atoms with Crippen LogP contribution in [0.5, 0.6) is 0 Å². The van der Waals surface area contributed by atoms with Crippen LogP contribution in [0.3, 0.4) is 0 Å². The molecule has 0 saturated carbocycles. The van der Waals surface area contributed by atoms with Gasteiger partial charge in [-0.15, -0.1) is 5.10 Å². The molecule has 2 heterocycles. The molecule has 0 aliphatic heterocycles. The van der Waals surface area contributed by atoms with Gasteiger partial charge in [0.25, 0.3) is 0 Å². The SMILES string of the molecule is CSc1nc(NC(=O)OC(C)(C)C)n(-c2cccc(Cl)n2)n1. The highest BCUT2D eigenvalue weighted by Gasteiger charge is 2.20. The third-order valence-electron chi connectivity index (χ3n) is 2.30. The van der Waals surface area contributed by atoms with E-state index in [1.54, 1.807) is 39.0 Å². The summed E-state index contributed by atoms with van der Waals surface area (Å²) in [5, 5.41) is 7.65. The molecule has 0 fully saturated rings. The zero-order valence-electron chi connectivity index (χ0n) is 12.6. The number of nitrogens with zero attached hydrogens (tertiary/aromatic N) is 4. The van der Waals surface area contributed by atoms with Crippen molar-refractivity contribution in [3.05, 3.63) is 23.4 Å². The Bertz CT molecular complexity index is 683. The molecular formula is C13H16ClN5O2S. The van der Waals surface area contributed by atoms with Crippen LogP contribution in [0.25, 0.3) is 5.82 Å². The van der Waals surface area contributed by atoms with Crippen LogP contribution < -0.4 is 5.32 Å². The first-order chi connectivity index (χ1) is 10.3. The smallest absolute Gasteiger partial charge is 0.414 e. The molecule has 9 heteroatoms. The lowest BCUT2D eigenvalue weighted by atomic mass is 10.2. The summed E-state index contributed by atoms with van der Waals surface area (Å²) in [5.74, 6) is 0.666. The Labute approximate surface area is 137 Å². The molecule has 2 aromatic rings. The maximum Gasteiger partial charge on any atom is 0.414 e. The van der Waals surface area contributed by atoms with Gasteiger partial charge in [0.15, 0.2) is 5.82 Å². The van der Waals surface area contributed by atoms with Crippen molar-refractivity contribution in [3.8, 4) is 5.82 Å². The number of hydrogen-bond donors (Lipinski definition) is 1. The first-order valence-corrected chi connectivity index (χ1v) is 8.03. The number of carbonyl (C=O) groups excluding carboxylic acids is 1. The molecule has 0 atom stereocenters. The van der Waals surface area contributed by atoms with Crippen LogP contribution in [0.1, 0.15) is 20.8 Å². The van der Waals surface area contributed by atoms with E-state index in [-0.39, 0.29) is 5.95 Å². The van der Waals surface area contributed by atoms with Crippen molar-refractivity contribution in [3.63, 3.8) is 0 Å². The Kier molecular flexibility index (Phi) is 4.92. The van der Waals surface area contributed by atoms with Crippen molar-refractivity contribution in [2.75, 3.05) is 11.6 Å². The maximum absolute atomic E-state index is 11.9. The van der Waals surface area contributed by atoms with E-state index in [0.29, 0.717) is 16.1 Å². The third kappa shape index (κ3) is 4.35. The Morgan fingerprint density at radius 3 is 2.68 bits per heavy atom. The molecule has 0 bridgehead atoms. The zero-order chi connectivity index (χ0) is 16.3. The molecule has 2 aromatic heterocycles. The van der Waals surface area contributed by atoms with Crippen molar-refractivity contribution in [1.82, 2.24) is 19.7 Å². The lowest BCUT2D eigenvalue weighted by Gasteiger charge is -2.19. The quantitative estimate of drug-likeness (QED) is 0.680. The summed E-state index contributed by atoms with van der Waals surface area (Å²) in [7, 11) is 0. The lowest BCUT2D eigenvalue weighted by molar-refractivity contribution is 0.0634. The molecule has 0 spiro atoms. The standard InChI is InChI=1S/C13H16ClN5O2S/c1-13(2,3)21-12(20)17-10-16-11(22-4)18-19(10)9-7-5-6-8(14)15-9/h5-7H,1-4H3,(H,16,17,18,20). The number of hydrogen-bond acceptors (Lipinski definition) is 6. The van der Waals surface area contributed by atoms with Crippen LogP contribution in [0, 0.1) is 0 Å². The van der Waals surface area contributed by atoms with Crippen LogP contribution in [0.2, 0.25) is 5.15 Å². The largest absolute Gasteiger partial charge is 0.444 e. The minimum absolute atomic E-state index is 0.216. The maximum atomic E-state index is 11.9. The van der Waals surface area contributed by atoms with E-state index in [9.17, 15) is 4.79 Å². The Morgan fingerprint density at radius 1 is 1.36 bits per heavy atom. The van der Waals surface area contributed by atoms with Crippen molar-refractivity contribution in [2.24, 2.45) is 0 Å². The first-order valence-electron chi connectivity index (χ1n) is 6.42. The number of halogens is 1. The minimum Gasteiger partial charge on any atom is -0.444 e. The molecule has 2 rings (SSSR count). The predicted molar refractivity (Wildman–Crippen MR) is 85.8 cm³/mol. The topological polar surface area (TPSA) is 81.9 Å². The van der Waals surface area contributed by atoms with E-state index < -0.39 is 11.7 Å². The summed E-state index contributed by atoms with van der Waals surface area (Å²) in [6.45, 7) is 5.34. The van der Waals surface area contributed by atoms with Crippen molar-refractivity contribution in [2.45, 2.75) is 31.5 Å². The molecule has 22 heavy (non-hydrogen) atoms. The molecule has 0 unspecified atom stereocenters. The highest BCUT2D eigenvalue weighted by molar-refractivity contribution is 7.98. The fourth-order valence-corrected chi connectivity index (χ4v) is 2.03. The van der Waals surface area contributed by atoms with E-state index in [0.717, 1.165) is 0 Å². The zero-order valence-corrected chi connectivity index (χ0v) is 14.2.